The Kier molecular flexibility index (Phi) is 4.46. The number of nitrogens with zero attached hydrogens (tertiary/aromatic N) is 1. The van der Waals surface area contributed by atoms with Crippen molar-refractivity contribution in [2.24, 2.45) is 5.92 Å². The first-order valence-corrected chi connectivity index (χ1v) is 7.82. The van der Waals surface area contributed by atoms with E-state index in [0.29, 0.717) is 5.92 Å². The molecule has 0 aliphatic heterocycles. The molecule has 0 amide bonds. The molecule has 1 aliphatic carbocycles. The van der Waals surface area contributed by atoms with Crippen LogP contribution in [-0.2, 0) is 0 Å². The summed E-state index contributed by atoms with van der Waals surface area (Å²) >= 11 is 0. The van der Waals surface area contributed by atoms with Gasteiger partial charge in [0, 0.05) is 17.8 Å². The van der Waals surface area contributed by atoms with Crippen molar-refractivity contribution in [3.63, 3.8) is 0 Å². The van der Waals surface area contributed by atoms with E-state index in [0.717, 1.165) is 17.0 Å². The summed E-state index contributed by atoms with van der Waals surface area (Å²) in [4.78, 5) is 10.5. The summed E-state index contributed by atoms with van der Waals surface area (Å²) in [6, 6.07) is 14.9. The van der Waals surface area contributed by atoms with Crippen LogP contribution in [0.2, 0.25) is 0 Å². The van der Waals surface area contributed by atoms with Crippen molar-refractivity contribution in [1.29, 1.82) is 0 Å². The van der Waals surface area contributed by atoms with Gasteiger partial charge in [0.15, 0.2) is 0 Å². The van der Waals surface area contributed by atoms with Gasteiger partial charge in [-0.3, -0.25) is 10.1 Å². The van der Waals surface area contributed by atoms with Gasteiger partial charge in [-0.1, -0.05) is 18.6 Å². The summed E-state index contributed by atoms with van der Waals surface area (Å²) in [7, 11) is 1.65. The molecule has 120 valence electrons. The summed E-state index contributed by atoms with van der Waals surface area (Å²) < 4.78 is 5.18. The summed E-state index contributed by atoms with van der Waals surface area (Å²) in [5, 5.41) is 14.4. The van der Waals surface area contributed by atoms with Crippen LogP contribution in [0, 0.1) is 16.0 Å². The molecule has 5 heteroatoms. The van der Waals surface area contributed by atoms with Crippen molar-refractivity contribution in [3.8, 4) is 5.75 Å². The van der Waals surface area contributed by atoms with E-state index in [1.165, 1.54) is 19.3 Å². The molecule has 0 saturated heterocycles. The lowest BCUT2D eigenvalue weighted by molar-refractivity contribution is -0.384. The van der Waals surface area contributed by atoms with Gasteiger partial charge in [-0.25, -0.2) is 0 Å². The zero-order valence-corrected chi connectivity index (χ0v) is 13.1. The lowest BCUT2D eigenvalue weighted by atomic mass is 9.77. The summed E-state index contributed by atoms with van der Waals surface area (Å²) in [6.45, 7) is 0. The number of rotatable bonds is 6. The van der Waals surface area contributed by atoms with Crippen LogP contribution in [0.25, 0.3) is 0 Å². The third-order valence-corrected chi connectivity index (χ3v) is 4.50. The van der Waals surface area contributed by atoms with Crippen LogP contribution in [0.4, 0.5) is 11.4 Å². The highest BCUT2D eigenvalue weighted by Gasteiger charge is 2.28. The largest absolute Gasteiger partial charge is 0.497 e. The van der Waals surface area contributed by atoms with E-state index in [1.807, 2.05) is 36.4 Å². The van der Waals surface area contributed by atoms with Crippen molar-refractivity contribution in [1.82, 2.24) is 0 Å². The van der Waals surface area contributed by atoms with E-state index in [2.05, 4.69) is 5.32 Å². The molecule has 0 heterocycles. The van der Waals surface area contributed by atoms with E-state index >= 15 is 0 Å². The molecule has 3 rings (SSSR count). The Morgan fingerprint density at radius 3 is 2.26 bits per heavy atom. The lowest BCUT2D eigenvalue weighted by Gasteiger charge is -2.35. The molecule has 23 heavy (non-hydrogen) atoms. The van der Waals surface area contributed by atoms with Crippen LogP contribution < -0.4 is 10.1 Å². The Bertz CT molecular complexity index is 664. The normalized spacial score (nSPS) is 15.5. The average Bonchev–Trinajstić information content (AvgIpc) is 2.53. The fraction of sp³-hybridized carbons (Fsp3) is 0.333. The minimum Gasteiger partial charge on any atom is -0.497 e. The van der Waals surface area contributed by atoms with Crippen molar-refractivity contribution >= 4 is 11.4 Å². The number of hydrogen-bond donors (Lipinski definition) is 1. The molecule has 2 aromatic rings. The Morgan fingerprint density at radius 2 is 1.78 bits per heavy atom. The van der Waals surface area contributed by atoms with Gasteiger partial charge in [-0.15, -0.1) is 0 Å². The maximum atomic E-state index is 10.8. The summed E-state index contributed by atoms with van der Waals surface area (Å²) in [5.41, 5.74) is 2.25. The smallest absolute Gasteiger partial charge is 0.269 e. The molecule has 1 atom stereocenters. The third kappa shape index (κ3) is 3.44. The number of anilines is 1. The maximum absolute atomic E-state index is 10.8. The number of nitro groups is 1. The number of hydrogen-bond acceptors (Lipinski definition) is 4. The first-order chi connectivity index (χ1) is 11.2. The van der Waals surface area contributed by atoms with E-state index in [9.17, 15) is 10.1 Å². The molecular formula is C18H20N2O3. The number of benzene rings is 2. The molecule has 0 aromatic heterocycles. The quantitative estimate of drug-likeness (QED) is 0.627. The average molecular weight is 312 g/mol. The van der Waals surface area contributed by atoms with E-state index in [4.69, 9.17) is 4.74 Å². The first-order valence-electron chi connectivity index (χ1n) is 7.82. The van der Waals surface area contributed by atoms with Crippen LogP contribution in [0.5, 0.6) is 5.75 Å². The van der Waals surface area contributed by atoms with Crippen LogP contribution in [0.15, 0.2) is 48.5 Å². The van der Waals surface area contributed by atoms with Gasteiger partial charge in [-0.05, 0) is 48.6 Å². The molecule has 2 aromatic carbocycles. The predicted octanol–water partition coefficient (Wildman–Crippen LogP) is 4.56. The van der Waals surface area contributed by atoms with Gasteiger partial charge >= 0.3 is 0 Å². The molecule has 1 unspecified atom stereocenters. The van der Waals surface area contributed by atoms with Gasteiger partial charge in [0.1, 0.15) is 5.75 Å². The fourth-order valence-electron chi connectivity index (χ4n) is 2.92. The minimum atomic E-state index is -0.362. The molecule has 0 bridgehead atoms. The zero-order valence-electron chi connectivity index (χ0n) is 13.1. The molecule has 1 saturated carbocycles. The van der Waals surface area contributed by atoms with Crippen LogP contribution in [-0.4, -0.2) is 12.0 Å². The van der Waals surface area contributed by atoms with Crippen molar-refractivity contribution in [3.05, 3.63) is 64.2 Å². The second kappa shape index (κ2) is 6.69. The highest BCUT2D eigenvalue weighted by molar-refractivity contribution is 5.49. The minimum absolute atomic E-state index is 0.130. The van der Waals surface area contributed by atoms with Gasteiger partial charge in [-0.2, -0.15) is 0 Å². The lowest BCUT2D eigenvalue weighted by Crippen LogP contribution is -2.26. The second-order valence-electron chi connectivity index (χ2n) is 5.89. The Labute approximate surface area is 135 Å². The molecule has 0 radical (unpaired) electrons. The standard InChI is InChI=1S/C18H20N2O3/c1-23-17-11-7-15(8-12-17)19-18(13-3-2-4-13)14-5-9-16(10-6-14)20(21)22/h5-13,18-19H,2-4H2,1H3. The second-order valence-corrected chi connectivity index (χ2v) is 5.89. The Hall–Kier alpha value is -2.56. The third-order valence-electron chi connectivity index (χ3n) is 4.50. The van der Waals surface area contributed by atoms with Gasteiger partial charge < -0.3 is 10.1 Å². The SMILES string of the molecule is COc1ccc(NC(c2ccc([N+](=O)[O-])cc2)C2CCC2)cc1. The van der Waals surface area contributed by atoms with Crippen LogP contribution in [0.1, 0.15) is 30.9 Å². The Balaban J connectivity index is 1.80. The maximum Gasteiger partial charge on any atom is 0.269 e. The topological polar surface area (TPSA) is 64.4 Å². The molecular weight excluding hydrogens is 292 g/mol. The number of ether oxygens (including phenoxy) is 1. The van der Waals surface area contributed by atoms with Crippen molar-refractivity contribution < 1.29 is 9.66 Å². The number of nitro benzene ring substituents is 1. The number of non-ortho nitro benzene ring substituents is 1. The monoisotopic (exact) mass is 312 g/mol. The highest BCUT2D eigenvalue weighted by atomic mass is 16.6. The number of nitrogens with one attached hydrogen (secondary N) is 1. The fourth-order valence-corrected chi connectivity index (χ4v) is 2.92. The van der Waals surface area contributed by atoms with E-state index in [1.54, 1.807) is 19.2 Å². The summed E-state index contributed by atoms with van der Waals surface area (Å²) in [5.74, 6) is 1.39. The van der Waals surface area contributed by atoms with Crippen LogP contribution in [0.3, 0.4) is 0 Å². The van der Waals surface area contributed by atoms with Crippen molar-refractivity contribution in [2.45, 2.75) is 25.3 Å². The molecule has 1 fully saturated rings. The molecule has 0 spiro atoms. The van der Waals surface area contributed by atoms with E-state index in [-0.39, 0.29) is 16.7 Å². The molecule has 1 aliphatic rings. The zero-order chi connectivity index (χ0) is 16.2. The van der Waals surface area contributed by atoms with Crippen LogP contribution >= 0.6 is 0 Å². The number of methoxy groups -OCH3 is 1. The van der Waals surface area contributed by atoms with Gasteiger partial charge in [0.05, 0.1) is 18.1 Å². The molecule has 5 nitrogen and oxygen atoms in total. The summed E-state index contributed by atoms with van der Waals surface area (Å²) in [6.07, 6.45) is 3.62. The highest BCUT2D eigenvalue weighted by Crippen LogP contribution is 2.40. The molecule has 1 N–H and O–H groups in total. The van der Waals surface area contributed by atoms with Crippen molar-refractivity contribution in [2.75, 3.05) is 12.4 Å². The first kappa shape index (κ1) is 15.3. The predicted molar refractivity (Wildman–Crippen MR) is 89.8 cm³/mol. The van der Waals surface area contributed by atoms with Gasteiger partial charge in [0.2, 0.25) is 0 Å². The van der Waals surface area contributed by atoms with E-state index < -0.39 is 0 Å². The van der Waals surface area contributed by atoms with Gasteiger partial charge in [0.25, 0.3) is 5.69 Å². The Morgan fingerprint density at radius 1 is 1.13 bits per heavy atom.